The number of carbonyl (C=O) groups excluding carboxylic acids is 1. The molecule has 26 heavy (non-hydrogen) atoms. The Hall–Kier alpha value is -2.92. The molecule has 0 aliphatic heterocycles. The fourth-order valence-corrected chi connectivity index (χ4v) is 2.74. The molecule has 2 N–H and O–H groups in total. The van der Waals surface area contributed by atoms with Gasteiger partial charge in [0.15, 0.2) is 5.82 Å². The highest BCUT2D eigenvalue weighted by atomic mass is 35.5. The molecule has 132 valence electrons. The molecule has 3 aromatic rings. The first kappa shape index (κ1) is 17.9. The van der Waals surface area contributed by atoms with Gasteiger partial charge in [0, 0.05) is 17.1 Å². The minimum atomic E-state index is -0.195. The second-order valence-electron chi connectivity index (χ2n) is 5.88. The monoisotopic (exact) mass is 366 g/mol. The highest BCUT2D eigenvalue weighted by Gasteiger charge is 2.09. The first-order chi connectivity index (χ1) is 12.6. The molecule has 0 spiro atoms. The number of carbonyl (C=O) groups is 1. The maximum atomic E-state index is 12.3. The summed E-state index contributed by atoms with van der Waals surface area (Å²) in [5.74, 6) is 0.874. The summed E-state index contributed by atoms with van der Waals surface area (Å²) >= 11 is 5.98. The van der Waals surface area contributed by atoms with Crippen LogP contribution in [-0.4, -0.2) is 22.6 Å². The summed E-state index contributed by atoms with van der Waals surface area (Å²) in [6.07, 6.45) is 0.827. The molecule has 2 aromatic carbocycles. The summed E-state index contributed by atoms with van der Waals surface area (Å²) < 4.78 is 0. The van der Waals surface area contributed by atoms with E-state index in [1.54, 1.807) is 18.2 Å². The van der Waals surface area contributed by atoms with E-state index < -0.39 is 0 Å². The summed E-state index contributed by atoms with van der Waals surface area (Å²) in [5.41, 5.74) is 2.69. The Morgan fingerprint density at radius 1 is 1.00 bits per heavy atom. The third-order valence-electron chi connectivity index (χ3n) is 3.90. The van der Waals surface area contributed by atoms with Crippen LogP contribution >= 0.6 is 11.6 Å². The van der Waals surface area contributed by atoms with Gasteiger partial charge in [-0.2, -0.15) is 0 Å². The van der Waals surface area contributed by atoms with Crippen LogP contribution in [-0.2, 0) is 6.42 Å². The Morgan fingerprint density at radius 3 is 2.50 bits per heavy atom. The molecule has 0 fully saturated rings. The molecule has 0 unspecified atom stereocenters. The molecule has 1 amide bonds. The van der Waals surface area contributed by atoms with Gasteiger partial charge in [-0.15, -0.1) is 10.2 Å². The smallest absolute Gasteiger partial charge is 0.257 e. The number of nitrogens with one attached hydrogen (secondary N) is 2. The number of aromatic nitrogens is 2. The summed E-state index contributed by atoms with van der Waals surface area (Å²) in [5, 5.41) is 14.8. The fraction of sp³-hybridized carbons (Fsp3) is 0.150. The van der Waals surface area contributed by atoms with Crippen molar-refractivity contribution in [3.8, 4) is 0 Å². The van der Waals surface area contributed by atoms with Gasteiger partial charge in [-0.1, -0.05) is 41.9 Å². The van der Waals surface area contributed by atoms with Crippen molar-refractivity contribution in [2.45, 2.75) is 13.3 Å². The van der Waals surface area contributed by atoms with E-state index in [2.05, 4.69) is 20.8 Å². The molecule has 0 radical (unpaired) electrons. The number of anilines is 2. The summed E-state index contributed by atoms with van der Waals surface area (Å²) in [7, 11) is 0. The van der Waals surface area contributed by atoms with Crippen molar-refractivity contribution >= 4 is 29.1 Å². The van der Waals surface area contributed by atoms with Gasteiger partial charge in [-0.3, -0.25) is 4.79 Å². The van der Waals surface area contributed by atoms with E-state index in [0.717, 1.165) is 22.6 Å². The number of halogens is 1. The highest BCUT2D eigenvalue weighted by molar-refractivity contribution is 6.30. The first-order valence-corrected chi connectivity index (χ1v) is 8.68. The maximum Gasteiger partial charge on any atom is 0.257 e. The van der Waals surface area contributed by atoms with Gasteiger partial charge in [0.05, 0.1) is 0 Å². The number of hydrogen-bond donors (Lipinski definition) is 2. The molecule has 0 bridgehead atoms. The van der Waals surface area contributed by atoms with E-state index >= 15 is 0 Å². The average Bonchev–Trinajstić information content (AvgIpc) is 2.63. The van der Waals surface area contributed by atoms with Gasteiger partial charge in [-0.05, 0) is 54.8 Å². The van der Waals surface area contributed by atoms with Crippen LogP contribution in [0.25, 0.3) is 0 Å². The van der Waals surface area contributed by atoms with E-state index in [1.165, 1.54) is 0 Å². The highest BCUT2D eigenvalue weighted by Crippen LogP contribution is 2.13. The summed E-state index contributed by atoms with van der Waals surface area (Å²) in [6, 6.07) is 18.7. The molecule has 3 rings (SSSR count). The van der Waals surface area contributed by atoms with Crippen molar-refractivity contribution in [1.82, 2.24) is 10.2 Å². The minimum Gasteiger partial charge on any atom is -0.368 e. The van der Waals surface area contributed by atoms with Crippen LogP contribution < -0.4 is 10.6 Å². The number of nitrogens with zero attached hydrogens (tertiary/aromatic N) is 2. The van der Waals surface area contributed by atoms with Gasteiger partial charge in [-0.25, -0.2) is 0 Å². The molecule has 1 aromatic heterocycles. The Labute approximate surface area is 157 Å². The van der Waals surface area contributed by atoms with Crippen LogP contribution in [0, 0.1) is 6.92 Å². The van der Waals surface area contributed by atoms with Gasteiger partial charge >= 0.3 is 0 Å². The lowest BCUT2D eigenvalue weighted by atomic mass is 10.1. The Balaban J connectivity index is 1.53. The quantitative estimate of drug-likeness (QED) is 0.680. The van der Waals surface area contributed by atoms with Crippen LogP contribution in [0.2, 0.25) is 5.02 Å². The van der Waals surface area contributed by atoms with Crippen molar-refractivity contribution in [3.63, 3.8) is 0 Å². The van der Waals surface area contributed by atoms with Gasteiger partial charge < -0.3 is 10.6 Å². The molecular formula is C20H19ClN4O. The zero-order valence-electron chi connectivity index (χ0n) is 14.4. The number of aryl methyl sites for hydroxylation is 1. The molecule has 0 aliphatic carbocycles. The second kappa shape index (κ2) is 8.45. The predicted octanol–water partition coefficient (Wildman–Crippen LogP) is 4.35. The first-order valence-electron chi connectivity index (χ1n) is 8.31. The normalized spacial score (nSPS) is 10.4. The summed E-state index contributed by atoms with van der Waals surface area (Å²) in [6.45, 7) is 2.61. The fourth-order valence-electron chi connectivity index (χ4n) is 2.53. The number of benzene rings is 2. The van der Waals surface area contributed by atoms with Crippen molar-refractivity contribution in [3.05, 3.63) is 82.4 Å². The van der Waals surface area contributed by atoms with E-state index in [0.29, 0.717) is 23.7 Å². The Bertz CT molecular complexity index is 896. The minimum absolute atomic E-state index is 0.195. The van der Waals surface area contributed by atoms with Crippen LogP contribution in [0.3, 0.4) is 0 Å². The molecule has 0 atom stereocenters. The SMILES string of the molecule is Cc1ccccc1C(=O)Nc1ccc(NCCc2cccc(Cl)c2)nn1. The molecule has 1 heterocycles. The Morgan fingerprint density at radius 2 is 1.77 bits per heavy atom. The lowest BCUT2D eigenvalue weighted by Gasteiger charge is -2.08. The largest absolute Gasteiger partial charge is 0.368 e. The van der Waals surface area contributed by atoms with E-state index in [-0.39, 0.29) is 5.91 Å². The zero-order valence-corrected chi connectivity index (χ0v) is 15.1. The van der Waals surface area contributed by atoms with Gasteiger partial charge in [0.2, 0.25) is 0 Å². The maximum absolute atomic E-state index is 12.3. The lowest BCUT2D eigenvalue weighted by molar-refractivity contribution is 0.102. The molecule has 0 saturated heterocycles. The molecule has 5 nitrogen and oxygen atoms in total. The standard InChI is InChI=1S/C20H19ClN4O/c1-14-5-2-3-8-17(14)20(26)23-19-10-9-18(24-25-19)22-12-11-15-6-4-7-16(21)13-15/h2-10,13H,11-12H2,1H3,(H,22,24)(H,23,25,26). The van der Waals surface area contributed by atoms with Crippen LogP contribution in [0.5, 0.6) is 0 Å². The number of rotatable bonds is 6. The van der Waals surface area contributed by atoms with E-state index in [4.69, 9.17) is 11.6 Å². The van der Waals surface area contributed by atoms with Gasteiger partial charge in [0.1, 0.15) is 5.82 Å². The van der Waals surface area contributed by atoms with E-state index in [1.807, 2.05) is 49.4 Å². The lowest BCUT2D eigenvalue weighted by Crippen LogP contribution is -2.15. The van der Waals surface area contributed by atoms with Crippen molar-refractivity contribution in [2.75, 3.05) is 17.2 Å². The van der Waals surface area contributed by atoms with Gasteiger partial charge in [0.25, 0.3) is 5.91 Å². The van der Waals surface area contributed by atoms with Crippen molar-refractivity contribution in [1.29, 1.82) is 0 Å². The third-order valence-corrected chi connectivity index (χ3v) is 4.14. The predicted molar refractivity (Wildman–Crippen MR) is 105 cm³/mol. The molecular weight excluding hydrogens is 348 g/mol. The Kier molecular flexibility index (Phi) is 5.81. The second-order valence-corrected chi connectivity index (χ2v) is 6.32. The molecule has 0 saturated carbocycles. The number of hydrogen-bond acceptors (Lipinski definition) is 4. The zero-order chi connectivity index (χ0) is 18.4. The number of amides is 1. The third kappa shape index (κ3) is 4.80. The average molecular weight is 367 g/mol. The molecule has 6 heteroatoms. The van der Waals surface area contributed by atoms with Crippen LogP contribution in [0.4, 0.5) is 11.6 Å². The molecule has 0 aliphatic rings. The van der Waals surface area contributed by atoms with E-state index in [9.17, 15) is 4.79 Å². The van der Waals surface area contributed by atoms with Crippen molar-refractivity contribution < 1.29 is 4.79 Å². The van der Waals surface area contributed by atoms with Crippen LogP contribution in [0.15, 0.2) is 60.7 Å². The summed E-state index contributed by atoms with van der Waals surface area (Å²) in [4.78, 5) is 12.3. The topological polar surface area (TPSA) is 66.9 Å². The van der Waals surface area contributed by atoms with Crippen molar-refractivity contribution in [2.24, 2.45) is 0 Å². The van der Waals surface area contributed by atoms with Crippen LogP contribution in [0.1, 0.15) is 21.5 Å².